The second-order valence-electron chi connectivity index (χ2n) is 5.15. The van der Waals surface area contributed by atoms with Gasteiger partial charge in [0.05, 0.1) is 18.2 Å². The Balaban J connectivity index is 2.54. The Morgan fingerprint density at radius 1 is 1.42 bits per heavy atom. The minimum atomic E-state index is -0.439. The number of ether oxygens (including phenoxy) is 1. The number of hydrogen-bond acceptors (Lipinski definition) is 4. The summed E-state index contributed by atoms with van der Waals surface area (Å²) in [4.78, 5) is 25.4. The number of amides is 3. The molecule has 6 heteroatoms. The van der Waals surface area contributed by atoms with E-state index in [4.69, 9.17) is 4.74 Å². The zero-order valence-electron chi connectivity index (χ0n) is 12.3. The normalized spacial score (nSPS) is 25.7. The molecule has 1 aliphatic rings. The summed E-state index contributed by atoms with van der Waals surface area (Å²) in [5.41, 5.74) is -0.210. The van der Waals surface area contributed by atoms with Gasteiger partial charge in [-0.2, -0.15) is 0 Å². The molecule has 0 aromatic rings. The van der Waals surface area contributed by atoms with E-state index in [1.54, 1.807) is 0 Å². The lowest BCUT2D eigenvalue weighted by atomic mass is 10.00. The third-order valence-corrected chi connectivity index (χ3v) is 3.62. The van der Waals surface area contributed by atoms with Gasteiger partial charge in [-0.25, -0.2) is 4.79 Å². The van der Waals surface area contributed by atoms with Crippen molar-refractivity contribution in [2.24, 2.45) is 0 Å². The van der Waals surface area contributed by atoms with E-state index < -0.39 is 6.03 Å². The van der Waals surface area contributed by atoms with E-state index in [0.29, 0.717) is 26.2 Å². The van der Waals surface area contributed by atoms with Crippen LogP contribution >= 0.6 is 0 Å². The summed E-state index contributed by atoms with van der Waals surface area (Å²) < 4.78 is 5.74. The molecule has 1 aliphatic heterocycles. The SMILES string of the molecule is CCNC(=O)NC(=O)[C@H](C)N1CCO[C@@](C)(CC)C1. The summed E-state index contributed by atoms with van der Waals surface area (Å²) in [6.07, 6.45) is 0.897. The van der Waals surface area contributed by atoms with Gasteiger partial charge >= 0.3 is 6.03 Å². The van der Waals surface area contributed by atoms with E-state index in [1.807, 2.05) is 20.8 Å². The summed E-state index contributed by atoms with van der Waals surface area (Å²) in [6, 6.07) is -0.775. The fourth-order valence-corrected chi connectivity index (χ4v) is 2.09. The van der Waals surface area contributed by atoms with Gasteiger partial charge in [-0.05, 0) is 27.2 Å². The number of imide groups is 1. The van der Waals surface area contributed by atoms with Gasteiger partial charge in [0.2, 0.25) is 5.91 Å². The molecule has 2 atom stereocenters. The summed E-state index contributed by atoms with van der Waals surface area (Å²) in [7, 11) is 0. The van der Waals surface area contributed by atoms with Crippen molar-refractivity contribution < 1.29 is 14.3 Å². The van der Waals surface area contributed by atoms with Crippen molar-refractivity contribution in [2.45, 2.75) is 45.8 Å². The van der Waals surface area contributed by atoms with Crippen LogP contribution in [0.3, 0.4) is 0 Å². The smallest absolute Gasteiger partial charge is 0.321 e. The van der Waals surface area contributed by atoms with Gasteiger partial charge in [-0.1, -0.05) is 6.92 Å². The van der Waals surface area contributed by atoms with E-state index in [1.165, 1.54) is 0 Å². The summed E-state index contributed by atoms with van der Waals surface area (Å²) >= 11 is 0. The maximum atomic E-state index is 12.0. The van der Waals surface area contributed by atoms with Gasteiger partial charge in [-0.3, -0.25) is 15.0 Å². The summed E-state index contributed by atoms with van der Waals surface area (Å²) in [5.74, 6) is -0.272. The predicted octanol–water partition coefficient (Wildman–Crippen LogP) is 0.722. The van der Waals surface area contributed by atoms with Crippen LogP contribution in [-0.4, -0.2) is 54.7 Å². The highest BCUT2D eigenvalue weighted by molar-refractivity contribution is 5.96. The Kier molecular flexibility index (Phi) is 5.75. The first-order valence-electron chi connectivity index (χ1n) is 6.88. The van der Waals surface area contributed by atoms with Crippen molar-refractivity contribution in [3.8, 4) is 0 Å². The highest BCUT2D eigenvalue weighted by Crippen LogP contribution is 2.22. The molecule has 0 spiro atoms. The number of rotatable bonds is 4. The van der Waals surface area contributed by atoms with Crippen LogP contribution in [0.1, 0.15) is 34.1 Å². The molecule has 19 heavy (non-hydrogen) atoms. The fourth-order valence-electron chi connectivity index (χ4n) is 2.09. The number of hydrogen-bond donors (Lipinski definition) is 2. The van der Waals surface area contributed by atoms with Gasteiger partial charge < -0.3 is 10.1 Å². The molecule has 0 bridgehead atoms. The Morgan fingerprint density at radius 2 is 2.11 bits per heavy atom. The van der Waals surface area contributed by atoms with Crippen LogP contribution in [0.5, 0.6) is 0 Å². The maximum absolute atomic E-state index is 12.0. The molecule has 110 valence electrons. The minimum absolute atomic E-state index is 0.210. The molecule has 0 aliphatic carbocycles. The molecule has 1 rings (SSSR count). The zero-order valence-corrected chi connectivity index (χ0v) is 12.3. The van der Waals surface area contributed by atoms with E-state index in [2.05, 4.69) is 22.5 Å². The topological polar surface area (TPSA) is 70.7 Å². The number of nitrogens with zero attached hydrogens (tertiary/aromatic N) is 1. The first kappa shape index (κ1) is 15.9. The molecule has 1 saturated heterocycles. The fraction of sp³-hybridized carbons (Fsp3) is 0.846. The van der Waals surface area contributed by atoms with Gasteiger partial charge in [0, 0.05) is 19.6 Å². The Hall–Kier alpha value is -1.14. The van der Waals surface area contributed by atoms with E-state index in [9.17, 15) is 9.59 Å². The van der Waals surface area contributed by atoms with Crippen molar-refractivity contribution in [1.82, 2.24) is 15.5 Å². The molecule has 0 aromatic heterocycles. The predicted molar refractivity (Wildman–Crippen MR) is 72.9 cm³/mol. The number of urea groups is 1. The number of carbonyl (C=O) groups excluding carboxylic acids is 2. The van der Waals surface area contributed by atoms with Gasteiger partial charge in [0.25, 0.3) is 0 Å². The summed E-state index contributed by atoms with van der Waals surface area (Å²) in [5, 5.41) is 4.90. The number of nitrogens with one attached hydrogen (secondary N) is 2. The second-order valence-corrected chi connectivity index (χ2v) is 5.15. The lowest BCUT2D eigenvalue weighted by Gasteiger charge is -2.42. The Morgan fingerprint density at radius 3 is 2.68 bits per heavy atom. The molecular weight excluding hydrogens is 246 g/mol. The molecular formula is C13H25N3O3. The van der Waals surface area contributed by atoms with Crippen LogP contribution in [0.2, 0.25) is 0 Å². The van der Waals surface area contributed by atoms with E-state index in [-0.39, 0.29) is 17.6 Å². The first-order valence-corrected chi connectivity index (χ1v) is 6.88. The van der Waals surface area contributed by atoms with E-state index >= 15 is 0 Å². The number of morpholine rings is 1. The van der Waals surface area contributed by atoms with Crippen LogP contribution in [0.4, 0.5) is 4.79 Å². The Bertz CT molecular complexity index is 335. The molecule has 0 radical (unpaired) electrons. The monoisotopic (exact) mass is 271 g/mol. The van der Waals surface area contributed by atoms with Gasteiger partial charge in [0.1, 0.15) is 0 Å². The van der Waals surface area contributed by atoms with Crippen LogP contribution < -0.4 is 10.6 Å². The Labute approximate surface area is 114 Å². The van der Waals surface area contributed by atoms with Crippen LogP contribution in [0.15, 0.2) is 0 Å². The molecule has 0 saturated carbocycles. The van der Waals surface area contributed by atoms with Crippen molar-refractivity contribution in [3.05, 3.63) is 0 Å². The van der Waals surface area contributed by atoms with E-state index in [0.717, 1.165) is 6.42 Å². The quantitative estimate of drug-likeness (QED) is 0.790. The van der Waals surface area contributed by atoms with Crippen molar-refractivity contribution in [2.75, 3.05) is 26.2 Å². The minimum Gasteiger partial charge on any atom is -0.373 e. The molecule has 6 nitrogen and oxygen atoms in total. The van der Waals surface area contributed by atoms with Gasteiger partial charge in [-0.15, -0.1) is 0 Å². The standard InChI is InChI=1S/C13H25N3O3/c1-5-13(4)9-16(7-8-19-13)10(3)11(17)15-12(18)14-6-2/h10H,5-9H2,1-4H3,(H2,14,15,17,18)/t10-,13-/m0/s1. The van der Waals surface area contributed by atoms with Crippen molar-refractivity contribution in [3.63, 3.8) is 0 Å². The van der Waals surface area contributed by atoms with Gasteiger partial charge in [0.15, 0.2) is 0 Å². The molecule has 2 N–H and O–H groups in total. The first-order chi connectivity index (χ1) is 8.91. The van der Waals surface area contributed by atoms with Crippen molar-refractivity contribution >= 4 is 11.9 Å². The third kappa shape index (κ3) is 4.47. The highest BCUT2D eigenvalue weighted by atomic mass is 16.5. The molecule has 1 heterocycles. The van der Waals surface area contributed by atoms with Crippen LogP contribution in [0.25, 0.3) is 0 Å². The summed E-state index contributed by atoms with van der Waals surface area (Å²) in [6.45, 7) is 10.3. The second kappa shape index (κ2) is 6.86. The lowest BCUT2D eigenvalue weighted by molar-refractivity contribution is -0.135. The molecule has 0 aromatic carbocycles. The average molecular weight is 271 g/mol. The maximum Gasteiger partial charge on any atom is 0.321 e. The highest BCUT2D eigenvalue weighted by Gasteiger charge is 2.34. The molecule has 1 fully saturated rings. The molecule has 3 amide bonds. The van der Waals surface area contributed by atoms with Crippen LogP contribution in [-0.2, 0) is 9.53 Å². The lowest BCUT2D eigenvalue weighted by Crippen LogP contribution is -2.57. The molecule has 0 unspecified atom stereocenters. The van der Waals surface area contributed by atoms with Crippen LogP contribution in [0, 0.1) is 0 Å². The number of carbonyl (C=O) groups is 2. The third-order valence-electron chi connectivity index (χ3n) is 3.62. The largest absolute Gasteiger partial charge is 0.373 e. The zero-order chi connectivity index (χ0) is 14.5. The van der Waals surface area contributed by atoms with Crippen molar-refractivity contribution in [1.29, 1.82) is 0 Å². The average Bonchev–Trinajstić information content (AvgIpc) is 2.38.